The molecule has 127 heavy (non-hydrogen) atoms. The molecule has 0 amide bonds. The number of hydrogen-bond donors (Lipinski definition) is 0. The highest BCUT2D eigenvalue weighted by atomic mass is 19.1. The van der Waals surface area contributed by atoms with Crippen molar-refractivity contribution >= 4 is 79.0 Å². The smallest absolute Gasteiger partial charge is 0.137 e. The number of furan rings is 1. The topological polar surface area (TPSA) is 38.1 Å². The molecule has 0 radical (unpaired) electrons. The van der Waals surface area contributed by atoms with E-state index in [0.29, 0.717) is 56.4 Å². The third-order valence-electron chi connectivity index (χ3n) is 25.3. The summed E-state index contributed by atoms with van der Waals surface area (Å²) in [5.74, 6) is -0.382. The Morgan fingerprint density at radius 3 is 0.992 bits per heavy atom. The van der Waals surface area contributed by atoms with Crippen molar-refractivity contribution in [3.8, 4) is 89.8 Å². The van der Waals surface area contributed by atoms with Crippen LogP contribution in [0.3, 0.4) is 0 Å². The summed E-state index contributed by atoms with van der Waals surface area (Å²) in [6.07, 6.45) is 3.56. The largest absolute Gasteiger partial charge is 0.457 e. The van der Waals surface area contributed by atoms with Gasteiger partial charge < -0.3 is 23.7 Å². The number of ether oxygens (including phenoxy) is 2. The van der Waals surface area contributed by atoms with Gasteiger partial charge in [-0.1, -0.05) is 286 Å². The molecule has 604 valence electrons. The van der Waals surface area contributed by atoms with Gasteiger partial charge in [-0.15, -0.1) is 0 Å². The molecule has 9 heteroatoms. The highest BCUT2D eigenvalue weighted by Crippen LogP contribution is 2.61. The molecule has 2 aliphatic carbocycles. The van der Waals surface area contributed by atoms with E-state index in [-0.39, 0.29) is 11.1 Å². The van der Waals surface area contributed by atoms with Crippen molar-refractivity contribution in [2.45, 2.75) is 10.8 Å². The maximum Gasteiger partial charge on any atom is 0.137 e. The van der Waals surface area contributed by atoms with Crippen molar-refractivity contribution in [2.24, 2.45) is 0 Å². The van der Waals surface area contributed by atoms with Gasteiger partial charge in [0.1, 0.15) is 57.4 Å². The predicted octanol–water partition coefficient (Wildman–Crippen LogP) is 32.5. The van der Waals surface area contributed by atoms with Crippen LogP contribution in [0.1, 0.15) is 55.6 Å². The number of benzene rings is 19. The fraction of sp³-hybridized carbons (Fsp3) is 0.0169. The van der Waals surface area contributed by atoms with Crippen LogP contribution in [0.5, 0.6) is 23.0 Å². The Morgan fingerprint density at radius 1 is 0.244 bits per heavy atom. The highest BCUT2D eigenvalue weighted by molar-refractivity contribution is 6.12. The van der Waals surface area contributed by atoms with Gasteiger partial charge in [-0.05, 0) is 280 Å². The van der Waals surface area contributed by atoms with Gasteiger partial charge >= 0.3 is 0 Å². The van der Waals surface area contributed by atoms with E-state index in [1.54, 1.807) is 12.2 Å². The molecule has 0 saturated carbocycles. The highest BCUT2D eigenvalue weighted by Gasteiger charge is 2.51. The van der Waals surface area contributed by atoms with E-state index in [0.717, 1.165) is 145 Å². The lowest BCUT2D eigenvalue weighted by Crippen LogP contribution is -2.31. The Balaban J connectivity index is 0.696. The first-order valence-corrected chi connectivity index (χ1v) is 42.4. The molecule has 2 aliphatic rings. The Bertz CT molecular complexity index is 7280. The van der Waals surface area contributed by atoms with Gasteiger partial charge in [-0.2, -0.15) is 0 Å². The van der Waals surface area contributed by atoms with Gasteiger partial charge in [-0.3, -0.25) is 0 Å². The van der Waals surface area contributed by atoms with Gasteiger partial charge in [0.15, 0.2) is 0 Å². The van der Waals surface area contributed by atoms with Crippen LogP contribution in [-0.4, -0.2) is 0 Å². The zero-order chi connectivity index (χ0) is 85.4. The average molecular weight is 1650 g/mol. The molecule has 0 bridgehead atoms. The standard InChI is InChI=1S/C118H76F4N2O3/c1-3-75-37-58-91(59-38-75)125-93-62-46-83(47-63-93)117(115-109(119)33-19-34-110(115)120)105-31-17-15-29-99(105)101-66-55-88(72-107(101)117)123(85-50-41-79(42-51-85)97-27-13-11-25-95(97)77-21-7-5-8-22-77)87-54-45-81-70-104-103-68-57-90(74-114(103)127-113(104)71-82(81)69-87)124(86-52-43-80(44-53-86)98-28-14-12-26-96(98)78-23-9-6-10-24-78)89-56-67-102-100-30-16-18-32-106(100)118(108(102)73-89,116-111(121)35-20-36-112(116)122)84-48-64-94(65-49-84)126-92-60-39-76(4-2)40-61-92/h3-74H,1-2H2. The summed E-state index contributed by atoms with van der Waals surface area (Å²) in [6, 6.07) is 139. The number of nitrogens with zero attached hydrogens (tertiary/aromatic N) is 2. The van der Waals surface area contributed by atoms with Crippen molar-refractivity contribution in [1.29, 1.82) is 0 Å². The quantitative estimate of drug-likeness (QED) is 0.0711. The van der Waals surface area contributed by atoms with Gasteiger partial charge in [0.25, 0.3) is 0 Å². The molecule has 2 atom stereocenters. The third kappa shape index (κ3) is 13.1. The third-order valence-corrected chi connectivity index (χ3v) is 25.3. The van der Waals surface area contributed by atoms with Crippen LogP contribution in [0.2, 0.25) is 0 Å². The van der Waals surface area contributed by atoms with Crippen molar-refractivity contribution < 1.29 is 31.5 Å². The molecule has 1 heterocycles. The average Bonchev–Trinajstić information content (AvgIpc) is 1.54. The molecular formula is C118H76F4N2O3. The molecule has 0 saturated heterocycles. The first-order chi connectivity index (χ1) is 62.5. The summed E-state index contributed by atoms with van der Waals surface area (Å²) in [5.41, 5.74) is 20.7. The van der Waals surface area contributed by atoms with E-state index < -0.39 is 34.1 Å². The fourth-order valence-corrected chi connectivity index (χ4v) is 19.6. The SMILES string of the molecule is C=Cc1ccc(Oc2ccc(C3(c4c(F)cccc4F)c4ccccc4-c4ccc(N(c5ccc(-c6ccccc6-c6ccccc6)cc5)c5ccc6cc7c(cc6c5)oc5cc(N(c6ccc(-c8ccccc8-c8ccccc8)cc6)c6ccc8c(c6)C(c6ccc(Oc9ccc(C=C)cc9)cc6)(c6c(F)cccc6F)c6ccccc6-8)ccc57)cc43)cc2)cc1. The maximum absolute atomic E-state index is 17.6. The van der Waals surface area contributed by atoms with Crippen LogP contribution in [0.4, 0.5) is 51.7 Å². The second kappa shape index (κ2) is 31.5. The second-order valence-electron chi connectivity index (χ2n) is 32.3. The number of rotatable bonds is 20. The van der Waals surface area contributed by atoms with Crippen LogP contribution in [0.25, 0.3) is 112 Å². The van der Waals surface area contributed by atoms with Crippen molar-refractivity contribution in [3.63, 3.8) is 0 Å². The molecule has 19 aromatic carbocycles. The maximum atomic E-state index is 17.6. The zero-order valence-electron chi connectivity index (χ0n) is 68.6. The summed E-state index contributed by atoms with van der Waals surface area (Å²) in [7, 11) is 0. The molecule has 20 aromatic rings. The molecule has 0 fully saturated rings. The molecule has 22 rings (SSSR count). The van der Waals surface area contributed by atoms with E-state index >= 15 is 17.6 Å². The summed E-state index contributed by atoms with van der Waals surface area (Å²) in [6.45, 7) is 7.82. The molecule has 2 unspecified atom stereocenters. The van der Waals surface area contributed by atoms with Gasteiger partial charge in [-0.25, -0.2) is 17.6 Å². The van der Waals surface area contributed by atoms with E-state index in [1.807, 2.05) is 158 Å². The Morgan fingerprint density at radius 2 is 0.575 bits per heavy atom. The van der Waals surface area contributed by atoms with E-state index in [2.05, 4.69) is 253 Å². The first-order valence-electron chi connectivity index (χ1n) is 42.4. The Hall–Kier alpha value is -16.4. The number of halogens is 4. The number of anilines is 6. The molecule has 0 spiro atoms. The Kier molecular flexibility index (Phi) is 19.0. The zero-order valence-corrected chi connectivity index (χ0v) is 68.6. The predicted molar refractivity (Wildman–Crippen MR) is 510 cm³/mol. The van der Waals surface area contributed by atoms with Crippen molar-refractivity contribution in [2.75, 3.05) is 9.80 Å². The van der Waals surface area contributed by atoms with Crippen molar-refractivity contribution in [3.05, 3.63) is 517 Å². The van der Waals surface area contributed by atoms with Gasteiger partial charge in [0.2, 0.25) is 0 Å². The minimum atomic E-state index is -1.52. The summed E-state index contributed by atoms with van der Waals surface area (Å²) < 4.78 is 90.3. The van der Waals surface area contributed by atoms with Gasteiger partial charge in [0, 0.05) is 62.1 Å². The number of hydrogen-bond acceptors (Lipinski definition) is 5. The molecular weight excluding hydrogens is 1570 g/mol. The molecule has 0 aliphatic heterocycles. The first kappa shape index (κ1) is 76.7. The summed E-state index contributed by atoms with van der Waals surface area (Å²) >= 11 is 0. The lowest BCUT2D eigenvalue weighted by molar-refractivity contribution is 0.481. The molecule has 5 nitrogen and oxygen atoms in total. The molecule has 0 N–H and O–H groups in total. The summed E-state index contributed by atoms with van der Waals surface area (Å²) in [4.78, 5) is 4.41. The van der Waals surface area contributed by atoms with Crippen LogP contribution < -0.4 is 19.3 Å². The van der Waals surface area contributed by atoms with E-state index in [4.69, 9.17) is 13.9 Å². The van der Waals surface area contributed by atoms with Gasteiger partial charge in [0.05, 0.1) is 10.8 Å². The summed E-state index contributed by atoms with van der Waals surface area (Å²) in [5, 5.41) is 3.65. The minimum absolute atomic E-state index is 0.0942. The second-order valence-corrected chi connectivity index (χ2v) is 32.3. The van der Waals surface area contributed by atoms with Crippen molar-refractivity contribution in [1.82, 2.24) is 0 Å². The monoisotopic (exact) mass is 1640 g/mol. The van der Waals surface area contributed by atoms with E-state index in [1.165, 1.54) is 36.4 Å². The van der Waals surface area contributed by atoms with Crippen LogP contribution in [0.15, 0.2) is 442 Å². The number of fused-ring (bicyclic) bond motifs is 10. The lowest BCUT2D eigenvalue weighted by Gasteiger charge is -2.35. The van der Waals surface area contributed by atoms with Crippen LogP contribution >= 0.6 is 0 Å². The minimum Gasteiger partial charge on any atom is -0.457 e. The Labute approximate surface area is 732 Å². The van der Waals surface area contributed by atoms with Crippen LogP contribution in [0, 0.1) is 23.3 Å². The fourth-order valence-electron chi connectivity index (χ4n) is 19.6. The normalized spacial score (nSPS) is 14.1. The van der Waals surface area contributed by atoms with E-state index in [9.17, 15) is 0 Å². The lowest BCUT2D eigenvalue weighted by atomic mass is 9.67. The van der Waals surface area contributed by atoms with Crippen LogP contribution in [-0.2, 0) is 10.8 Å². The molecule has 1 aromatic heterocycles.